The van der Waals surface area contributed by atoms with E-state index in [1.807, 2.05) is 34.9 Å². The number of benzene rings is 1. The van der Waals surface area contributed by atoms with E-state index in [4.69, 9.17) is 4.74 Å². The quantitative estimate of drug-likeness (QED) is 0.801. The lowest BCUT2D eigenvalue weighted by molar-refractivity contribution is -0.139. The van der Waals surface area contributed by atoms with E-state index in [0.29, 0.717) is 57.1 Å². The first-order valence-corrected chi connectivity index (χ1v) is 9.57. The number of anilines is 1. The molecule has 3 amide bonds. The van der Waals surface area contributed by atoms with Crippen molar-refractivity contribution in [2.75, 3.05) is 44.7 Å². The van der Waals surface area contributed by atoms with Gasteiger partial charge >= 0.3 is 0 Å². The summed E-state index contributed by atoms with van der Waals surface area (Å²) in [6, 6.07) is 5.56. The van der Waals surface area contributed by atoms with Crippen molar-refractivity contribution < 1.29 is 19.1 Å². The molecule has 27 heavy (non-hydrogen) atoms. The summed E-state index contributed by atoms with van der Waals surface area (Å²) in [4.78, 5) is 41.9. The molecule has 1 aromatic rings. The van der Waals surface area contributed by atoms with Gasteiger partial charge in [-0.2, -0.15) is 0 Å². The van der Waals surface area contributed by atoms with Crippen molar-refractivity contribution in [3.05, 3.63) is 23.8 Å². The molecule has 0 N–H and O–H groups in total. The topological polar surface area (TPSA) is 70.2 Å². The van der Waals surface area contributed by atoms with E-state index in [1.165, 1.54) is 0 Å². The molecule has 0 saturated carbocycles. The Hall–Kier alpha value is -2.57. The van der Waals surface area contributed by atoms with Crippen LogP contribution in [0.15, 0.2) is 18.2 Å². The maximum Gasteiger partial charge on any atom is 0.230 e. The summed E-state index contributed by atoms with van der Waals surface area (Å²) in [6.07, 6.45) is 2.03. The molecular formula is C20H27N3O4. The zero-order valence-corrected chi connectivity index (χ0v) is 16.1. The van der Waals surface area contributed by atoms with Gasteiger partial charge < -0.3 is 19.4 Å². The molecule has 0 radical (unpaired) electrons. The molecule has 2 aliphatic heterocycles. The fourth-order valence-electron chi connectivity index (χ4n) is 3.47. The first-order chi connectivity index (χ1) is 13.0. The number of hydrogen-bond donors (Lipinski definition) is 0. The van der Waals surface area contributed by atoms with E-state index in [9.17, 15) is 14.4 Å². The molecule has 146 valence electrons. The Morgan fingerprint density at radius 1 is 1.07 bits per heavy atom. The highest BCUT2D eigenvalue weighted by Crippen LogP contribution is 2.31. The normalized spacial score (nSPS) is 17.3. The highest BCUT2D eigenvalue weighted by atomic mass is 16.5. The van der Waals surface area contributed by atoms with E-state index in [2.05, 4.69) is 0 Å². The SMILES string of the molecule is CCCC(=O)N1CCN(C(=O)Cc2ccc3c(c2)N(C)C(=O)CCO3)CC1. The van der Waals surface area contributed by atoms with Gasteiger partial charge in [0.1, 0.15) is 5.75 Å². The standard InChI is InChI=1S/C20H27N3O4/c1-3-4-19(25)22-8-10-23(11-9-22)20(26)14-15-5-6-17-16(13-15)21(2)18(24)7-12-27-17/h5-6,13H,3-4,7-12,14H2,1-2H3. The molecule has 0 aromatic heterocycles. The smallest absolute Gasteiger partial charge is 0.230 e. The first kappa shape index (κ1) is 19.2. The molecule has 2 aliphatic rings. The third kappa shape index (κ3) is 4.40. The number of carbonyl (C=O) groups is 3. The number of nitrogens with zero attached hydrogens (tertiary/aromatic N) is 3. The Balaban J connectivity index is 1.61. The monoisotopic (exact) mass is 373 g/mol. The molecular weight excluding hydrogens is 346 g/mol. The molecule has 1 saturated heterocycles. The Morgan fingerprint density at radius 2 is 1.74 bits per heavy atom. The molecule has 0 aliphatic carbocycles. The highest BCUT2D eigenvalue weighted by Gasteiger charge is 2.25. The molecule has 0 spiro atoms. The minimum absolute atomic E-state index is 0.00472. The zero-order chi connectivity index (χ0) is 19.4. The second-order valence-electron chi connectivity index (χ2n) is 7.04. The summed E-state index contributed by atoms with van der Waals surface area (Å²) in [6.45, 7) is 4.70. The van der Waals surface area contributed by atoms with Crippen molar-refractivity contribution in [2.45, 2.75) is 32.6 Å². The summed E-state index contributed by atoms with van der Waals surface area (Å²) in [5, 5.41) is 0. The molecule has 2 heterocycles. The Kier molecular flexibility index (Phi) is 5.98. The van der Waals surface area contributed by atoms with Gasteiger partial charge in [0.05, 0.1) is 25.1 Å². The van der Waals surface area contributed by atoms with Crippen LogP contribution >= 0.6 is 0 Å². The van der Waals surface area contributed by atoms with Gasteiger partial charge in [-0.25, -0.2) is 0 Å². The van der Waals surface area contributed by atoms with Crippen molar-refractivity contribution in [1.29, 1.82) is 0 Å². The lowest BCUT2D eigenvalue weighted by atomic mass is 10.1. The van der Waals surface area contributed by atoms with Crippen molar-refractivity contribution >= 4 is 23.4 Å². The average Bonchev–Trinajstić information content (AvgIpc) is 2.81. The number of rotatable bonds is 4. The van der Waals surface area contributed by atoms with Gasteiger partial charge in [-0.1, -0.05) is 13.0 Å². The Labute approximate surface area is 159 Å². The van der Waals surface area contributed by atoms with Crippen LogP contribution < -0.4 is 9.64 Å². The van der Waals surface area contributed by atoms with Crippen LogP contribution in [0.2, 0.25) is 0 Å². The largest absolute Gasteiger partial charge is 0.491 e. The summed E-state index contributed by atoms with van der Waals surface area (Å²) in [5.41, 5.74) is 1.56. The first-order valence-electron chi connectivity index (χ1n) is 9.57. The number of amides is 3. The molecule has 0 unspecified atom stereocenters. The van der Waals surface area contributed by atoms with Gasteiger partial charge in [0.2, 0.25) is 17.7 Å². The molecule has 0 atom stereocenters. The summed E-state index contributed by atoms with van der Waals surface area (Å²) >= 11 is 0. The summed E-state index contributed by atoms with van der Waals surface area (Å²) in [7, 11) is 1.73. The van der Waals surface area contributed by atoms with Gasteiger partial charge in [0, 0.05) is 39.6 Å². The second-order valence-corrected chi connectivity index (χ2v) is 7.04. The number of piperazine rings is 1. The lowest BCUT2D eigenvalue weighted by Crippen LogP contribution is -2.50. The van der Waals surface area contributed by atoms with E-state index < -0.39 is 0 Å². The van der Waals surface area contributed by atoms with Gasteiger partial charge in [-0.3, -0.25) is 14.4 Å². The van der Waals surface area contributed by atoms with Crippen LogP contribution in [0.3, 0.4) is 0 Å². The van der Waals surface area contributed by atoms with Crippen LogP contribution in [0.25, 0.3) is 0 Å². The van der Waals surface area contributed by atoms with Crippen LogP contribution in [0.5, 0.6) is 5.75 Å². The van der Waals surface area contributed by atoms with Crippen molar-refractivity contribution in [1.82, 2.24) is 9.80 Å². The van der Waals surface area contributed by atoms with Crippen LogP contribution in [0.1, 0.15) is 31.7 Å². The maximum atomic E-state index is 12.7. The van der Waals surface area contributed by atoms with Gasteiger partial charge in [-0.05, 0) is 24.1 Å². The van der Waals surface area contributed by atoms with Crippen LogP contribution in [0, 0.1) is 0 Å². The molecule has 3 rings (SSSR count). The molecule has 1 fully saturated rings. The predicted octanol–water partition coefficient (Wildman–Crippen LogP) is 1.45. The van der Waals surface area contributed by atoms with E-state index in [0.717, 1.165) is 12.0 Å². The van der Waals surface area contributed by atoms with E-state index >= 15 is 0 Å². The predicted molar refractivity (Wildman–Crippen MR) is 102 cm³/mol. The second kappa shape index (κ2) is 8.41. The number of ether oxygens (including phenoxy) is 1. The van der Waals surface area contributed by atoms with E-state index in [-0.39, 0.29) is 24.1 Å². The fourth-order valence-corrected chi connectivity index (χ4v) is 3.47. The van der Waals surface area contributed by atoms with Gasteiger partial charge in [0.15, 0.2) is 0 Å². The molecule has 7 heteroatoms. The maximum absolute atomic E-state index is 12.7. The van der Waals surface area contributed by atoms with Crippen LogP contribution in [0.4, 0.5) is 5.69 Å². The highest BCUT2D eigenvalue weighted by molar-refractivity contribution is 5.95. The van der Waals surface area contributed by atoms with Crippen molar-refractivity contribution in [3.8, 4) is 5.75 Å². The Morgan fingerprint density at radius 3 is 2.41 bits per heavy atom. The molecule has 1 aromatic carbocycles. The minimum Gasteiger partial charge on any atom is -0.491 e. The van der Waals surface area contributed by atoms with Crippen LogP contribution in [-0.2, 0) is 20.8 Å². The minimum atomic E-state index is 0.00472. The third-order valence-electron chi connectivity index (χ3n) is 5.14. The lowest BCUT2D eigenvalue weighted by Gasteiger charge is -2.35. The van der Waals surface area contributed by atoms with Gasteiger partial charge in [0.25, 0.3) is 0 Å². The number of hydrogen-bond acceptors (Lipinski definition) is 4. The average molecular weight is 373 g/mol. The number of carbonyl (C=O) groups excluding carboxylic acids is 3. The summed E-state index contributed by atoms with van der Waals surface area (Å²) in [5.74, 6) is 0.886. The summed E-state index contributed by atoms with van der Waals surface area (Å²) < 4.78 is 5.62. The molecule has 0 bridgehead atoms. The van der Waals surface area contributed by atoms with Crippen molar-refractivity contribution in [2.24, 2.45) is 0 Å². The van der Waals surface area contributed by atoms with E-state index in [1.54, 1.807) is 11.9 Å². The van der Waals surface area contributed by atoms with Crippen molar-refractivity contribution in [3.63, 3.8) is 0 Å². The fraction of sp³-hybridized carbons (Fsp3) is 0.550. The third-order valence-corrected chi connectivity index (χ3v) is 5.14. The zero-order valence-electron chi connectivity index (χ0n) is 16.1. The number of fused-ring (bicyclic) bond motifs is 1. The van der Waals surface area contributed by atoms with Gasteiger partial charge in [-0.15, -0.1) is 0 Å². The van der Waals surface area contributed by atoms with Crippen LogP contribution in [-0.4, -0.2) is 67.4 Å². The Bertz CT molecular complexity index is 726. The molecule has 7 nitrogen and oxygen atoms in total.